The van der Waals surface area contributed by atoms with Crippen LogP contribution in [-0.4, -0.2) is 12.6 Å². The molecule has 0 saturated heterocycles. The molecule has 0 fully saturated rings. The van der Waals surface area contributed by atoms with E-state index in [2.05, 4.69) is 34.2 Å². The van der Waals surface area contributed by atoms with Gasteiger partial charge in [0.2, 0.25) is 0 Å². The van der Waals surface area contributed by atoms with Crippen molar-refractivity contribution in [3.63, 3.8) is 0 Å². The Morgan fingerprint density at radius 2 is 1.82 bits per heavy atom. The molecule has 0 aliphatic carbocycles. The Hall–Kier alpha value is -1.52. The highest BCUT2D eigenvalue weighted by atomic mass is 79.9. The lowest BCUT2D eigenvalue weighted by Gasteiger charge is -2.17. The predicted octanol–water partition coefficient (Wildman–Crippen LogP) is 5.22. The molecule has 3 nitrogen and oxygen atoms in total. The number of anilines is 1. The van der Waals surface area contributed by atoms with Crippen molar-refractivity contribution >= 4 is 40.0 Å². The Morgan fingerprint density at radius 1 is 1.18 bits per heavy atom. The van der Waals surface area contributed by atoms with E-state index in [1.165, 1.54) is 5.56 Å². The van der Waals surface area contributed by atoms with E-state index in [1.54, 1.807) is 19.1 Å². The van der Waals surface area contributed by atoms with Gasteiger partial charge in [0.05, 0.1) is 12.2 Å². The third-order valence-electron chi connectivity index (χ3n) is 3.15. The molecule has 1 N–H and O–H groups in total. The number of carbonyl (C=O) groups is 1. The lowest BCUT2D eigenvalue weighted by atomic mass is 10.1. The van der Waals surface area contributed by atoms with Crippen molar-refractivity contribution in [2.45, 2.75) is 19.9 Å². The molecule has 0 unspecified atom stereocenters. The number of hydrogen-bond donors (Lipinski definition) is 1. The maximum Gasteiger partial charge on any atom is 0.338 e. The Balaban J connectivity index is 0.00000242. The molecule has 1 atom stereocenters. The van der Waals surface area contributed by atoms with E-state index in [9.17, 15) is 4.79 Å². The summed E-state index contributed by atoms with van der Waals surface area (Å²) in [5.41, 5.74) is 2.72. The number of rotatable bonds is 5. The maximum atomic E-state index is 11.6. The van der Waals surface area contributed by atoms with Crippen LogP contribution in [0.1, 0.15) is 35.8 Å². The zero-order valence-electron chi connectivity index (χ0n) is 12.5. The number of benzene rings is 2. The molecule has 2 rings (SSSR count). The topological polar surface area (TPSA) is 38.3 Å². The van der Waals surface area contributed by atoms with Crippen LogP contribution in [0.5, 0.6) is 0 Å². The van der Waals surface area contributed by atoms with Gasteiger partial charge in [-0.3, -0.25) is 0 Å². The fraction of sp³-hybridized carbons (Fsp3) is 0.235. The fourth-order valence-corrected chi connectivity index (χ4v) is 2.70. The van der Waals surface area contributed by atoms with Crippen molar-refractivity contribution in [2.75, 3.05) is 11.9 Å². The normalized spacial score (nSPS) is 11.2. The van der Waals surface area contributed by atoms with Crippen LogP contribution in [0.2, 0.25) is 0 Å². The van der Waals surface area contributed by atoms with Crippen LogP contribution in [0.4, 0.5) is 5.69 Å². The highest BCUT2D eigenvalue weighted by Crippen LogP contribution is 2.26. The molecule has 0 radical (unpaired) electrons. The second-order valence-corrected chi connectivity index (χ2v) is 5.54. The SMILES string of the molecule is CCOC(=O)c1ccc(N[C@@H](C)c2ccccc2Br)cc1.Cl. The first-order chi connectivity index (χ1) is 10.1. The smallest absolute Gasteiger partial charge is 0.338 e. The van der Waals surface area contributed by atoms with E-state index in [0.717, 1.165) is 10.2 Å². The summed E-state index contributed by atoms with van der Waals surface area (Å²) in [6.07, 6.45) is 0. The maximum absolute atomic E-state index is 11.6. The van der Waals surface area contributed by atoms with Crippen LogP contribution >= 0.6 is 28.3 Å². The van der Waals surface area contributed by atoms with Gasteiger partial charge in [0.15, 0.2) is 0 Å². The van der Waals surface area contributed by atoms with E-state index in [-0.39, 0.29) is 24.4 Å². The van der Waals surface area contributed by atoms with Gasteiger partial charge in [0.25, 0.3) is 0 Å². The van der Waals surface area contributed by atoms with Crippen LogP contribution in [-0.2, 0) is 4.74 Å². The summed E-state index contributed by atoms with van der Waals surface area (Å²) in [4.78, 5) is 11.6. The largest absolute Gasteiger partial charge is 0.462 e. The third kappa shape index (κ3) is 4.75. The van der Waals surface area contributed by atoms with Gasteiger partial charge < -0.3 is 10.1 Å². The minimum absolute atomic E-state index is 0. The van der Waals surface area contributed by atoms with E-state index < -0.39 is 0 Å². The standard InChI is InChI=1S/C17H18BrNO2.ClH/c1-3-21-17(20)13-8-10-14(11-9-13)19-12(2)15-6-4-5-7-16(15)18;/h4-12,19H,3H2,1-2H3;1H/t12-;/m0./s1. The summed E-state index contributed by atoms with van der Waals surface area (Å²) in [6, 6.07) is 15.6. The number of esters is 1. The Labute approximate surface area is 145 Å². The van der Waals surface area contributed by atoms with Crippen molar-refractivity contribution in [1.29, 1.82) is 0 Å². The second-order valence-electron chi connectivity index (χ2n) is 4.69. The van der Waals surface area contributed by atoms with Crippen molar-refractivity contribution in [3.8, 4) is 0 Å². The van der Waals surface area contributed by atoms with Gasteiger partial charge in [-0.05, 0) is 49.7 Å². The van der Waals surface area contributed by atoms with Crippen LogP contribution < -0.4 is 5.32 Å². The summed E-state index contributed by atoms with van der Waals surface area (Å²) in [5.74, 6) is -0.289. The monoisotopic (exact) mass is 383 g/mol. The molecule has 22 heavy (non-hydrogen) atoms. The van der Waals surface area contributed by atoms with Gasteiger partial charge in [-0.25, -0.2) is 4.79 Å². The lowest BCUT2D eigenvalue weighted by molar-refractivity contribution is 0.0526. The summed E-state index contributed by atoms with van der Waals surface area (Å²) >= 11 is 3.56. The van der Waals surface area contributed by atoms with E-state index in [1.807, 2.05) is 30.3 Å². The summed E-state index contributed by atoms with van der Waals surface area (Å²) in [6.45, 7) is 4.28. The Kier molecular flexibility index (Phi) is 7.42. The summed E-state index contributed by atoms with van der Waals surface area (Å²) in [5, 5.41) is 3.42. The zero-order valence-corrected chi connectivity index (χ0v) is 14.9. The van der Waals surface area contributed by atoms with Gasteiger partial charge in [-0.15, -0.1) is 12.4 Å². The minimum atomic E-state index is -0.289. The van der Waals surface area contributed by atoms with E-state index in [4.69, 9.17) is 4.74 Å². The molecular weight excluding hydrogens is 366 g/mol. The van der Waals surface area contributed by atoms with Crippen LogP contribution in [0.3, 0.4) is 0 Å². The summed E-state index contributed by atoms with van der Waals surface area (Å²) in [7, 11) is 0. The molecule has 0 amide bonds. The number of carbonyl (C=O) groups excluding carboxylic acids is 1. The first-order valence-electron chi connectivity index (χ1n) is 6.90. The third-order valence-corrected chi connectivity index (χ3v) is 3.87. The molecule has 0 aromatic heterocycles. The molecule has 118 valence electrons. The first-order valence-corrected chi connectivity index (χ1v) is 7.69. The fourth-order valence-electron chi connectivity index (χ4n) is 2.07. The number of ether oxygens (including phenoxy) is 1. The molecule has 2 aromatic carbocycles. The summed E-state index contributed by atoms with van der Waals surface area (Å²) < 4.78 is 6.05. The molecule has 0 aliphatic rings. The average Bonchev–Trinajstić information content (AvgIpc) is 2.48. The Bertz CT molecular complexity index is 616. The van der Waals surface area contributed by atoms with Gasteiger partial charge in [0.1, 0.15) is 0 Å². The van der Waals surface area contributed by atoms with Gasteiger partial charge >= 0.3 is 5.97 Å². The molecule has 5 heteroatoms. The van der Waals surface area contributed by atoms with Crippen LogP contribution in [0, 0.1) is 0 Å². The Morgan fingerprint density at radius 3 is 2.41 bits per heavy atom. The van der Waals surface area contributed by atoms with Gasteiger partial charge in [-0.2, -0.15) is 0 Å². The second kappa shape index (κ2) is 8.81. The number of halogens is 2. The molecule has 0 aliphatic heterocycles. The predicted molar refractivity (Wildman–Crippen MR) is 95.8 cm³/mol. The van der Waals surface area contributed by atoms with Crippen molar-refractivity contribution in [1.82, 2.24) is 0 Å². The van der Waals surface area contributed by atoms with Crippen molar-refractivity contribution < 1.29 is 9.53 Å². The molecule has 2 aromatic rings. The molecule has 0 saturated carbocycles. The quantitative estimate of drug-likeness (QED) is 0.718. The van der Waals surface area contributed by atoms with Crippen LogP contribution in [0.15, 0.2) is 53.0 Å². The van der Waals surface area contributed by atoms with Crippen molar-refractivity contribution in [2.24, 2.45) is 0 Å². The van der Waals surface area contributed by atoms with E-state index >= 15 is 0 Å². The van der Waals surface area contributed by atoms with Crippen molar-refractivity contribution in [3.05, 3.63) is 64.1 Å². The highest BCUT2D eigenvalue weighted by molar-refractivity contribution is 9.10. The highest BCUT2D eigenvalue weighted by Gasteiger charge is 2.10. The first kappa shape index (κ1) is 18.5. The average molecular weight is 385 g/mol. The molecule has 0 heterocycles. The molecule has 0 spiro atoms. The zero-order chi connectivity index (χ0) is 15.2. The van der Waals surface area contributed by atoms with Gasteiger partial charge in [0, 0.05) is 16.2 Å². The lowest BCUT2D eigenvalue weighted by Crippen LogP contribution is -2.08. The minimum Gasteiger partial charge on any atom is -0.462 e. The molecular formula is C17H19BrClNO2. The van der Waals surface area contributed by atoms with Crippen LogP contribution in [0.25, 0.3) is 0 Å². The number of nitrogens with one attached hydrogen (secondary N) is 1. The molecule has 0 bridgehead atoms. The van der Waals surface area contributed by atoms with Gasteiger partial charge in [-0.1, -0.05) is 34.1 Å². The number of hydrogen-bond acceptors (Lipinski definition) is 3. The van der Waals surface area contributed by atoms with E-state index in [0.29, 0.717) is 12.2 Å².